The van der Waals surface area contributed by atoms with Gasteiger partial charge < -0.3 is 20.3 Å². The second-order valence-corrected chi connectivity index (χ2v) is 19.0. The molecule has 0 rings (SSSR count). The summed E-state index contributed by atoms with van der Waals surface area (Å²) in [5.74, 6) is -0.530. The van der Waals surface area contributed by atoms with Crippen LogP contribution in [0.3, 0.4) is 0 Å². The van der Waals surface area contributed by atoms with Crippen LogP contribution in [0.5, 0.6) is 0 Å². The number of aliphatic hydroxyl groups is 2. The van der Waals surface area contributed by atoms with E-state index in [1.807, 2.05) is 0 Å². The average Bonchev–Trinajstić information content (AvgIpc) is 3.28. The summed E-state index contributed by atoms with van der Waals surface area (Å²) in [7, 11) is 0. The van der Waals surface area contributed by atoms with Crippen LogP contribution >= 0.6 is 0 Å². The van der Waals surface area contributed by atoms with Crippen molar-refractivity contribution in [2.45, 2.75) is 309 Å². The molecule has 3 atom stereocenters. The predicted molar refractivity (Wildman–Crippen MR) is 273 cm³/mol. The SMILES string of the molecule is CCCCCCCC/C=C\CCCCCC(=O)OC(CCC/C=C/C=C/CCCCCCCCC)CC(=O)NC(CO)C(O)CCCCCCCCCCCCCCCCCCC. The summed E-state index contributed by atoms with van der Waals surface area (Å²) in [5, 5.41) is 23.8. The van der Waals surface area contributed by atoms with Crippen LogP contribution < -0.4 is 5.32 Å². The summed E-state index contributed by atoms with van der Waals surface area (Å²) in [5.41, 5.74) is 0. The maximum atomic E-state index is 13.2. The van der Waals surface area contributed by atoms with E-state index in [-0.39, 0.29) is 24.9 Å². The third-order valence-corrected chi connectivity index (χ3v) is 12.7. The number of allylic oxidation sites excluding steroid dienone is 6. The lowest BCUT2D eigenvalue weighted by molar-refractivity contribution is -0.151. The van der Waals surface area contributed by atoms with Gasteiger partial charge in [0, 0.05) is 6.42 Å². The first-order valence-corrected chi connectivity index (χ1v) is 27.7. The zero-order valence-electron chi connectivity index (χ0n) is 42.2. The zero-order valence-corrected chi connectivity index (χ0v) is 42.2. The van der Waals surface area contributed by atoms with Crippen LogP contribution in [0.4, 0.5) is 0 Å². The summed E-state index contributed by atoms with van der Waals surface area (Å²) in [6.07, 6.45) is 60.7. The van der Waals surface area contributed by atoms with Crippen molar-refractivity contribution in [3.63, 3.8) is 0 Å². The van der Waals surface area contributed by atoms with Gasteiger partial charge in [-0.25, -0.2) is 0 Å². The Kier molecular flexibility index (Phi) is 49.5. The fraction of sp³-hybridized carbons (Fsp3) is 0.860. The average molecular weight is 886 g/mol. The number of carbonyl (C=O) groups is 2. The van der Waals surface area contributed by atoms with Gasteiger partial charge in [0.05, 0.1) is 25.2 Å². The number of nitrogens with one attached hydrogen (secondary N) is 1. The molecule has 0 aliphatic rings. The van der Waals surface area contributed by atoms with Gasteiger partial charge in [-0.15, -0.1) is 0 Å². The Balaban J connectivity index is 4.57. The molecule has 6 heteroatoms. The molecule has 0 radical (unpaired) electrons. The van der Waals surface area contributed by atoms with Crippen LogP contribution in [0.2, 0.25) is 0 Å². The number of rotatable bonds is 50. The van der Waals surface area contributed by atoms with E-state index in [4.69, 9.17) is 4.74 Å². The molecule has 63 heavy (non-hydrogen) atoms. The summed E-state index contributed by atoms with van der Waals surface area (Å²) < 4.78 is 5.91. The van der Waals surface area contributed by atoms with Gasteiger partial charge in [-0.05, 0) is 70.6 Å². The Morgan fingerprint density at radius 2 is 0.825 bits per heavy atom. The minimum absolute atomic E-state index is 0.0412. The van der Waals surface area contributed by atoms with Crippen molar-refractivity contribution in [2.75, 3.05) is 6.61 Å². The van der Waals surface area contributed by atoms with Crippen LogP contribution in [0.1, 0.15) is 290 Å². The van der Waals surface area contributed by atoms with Crippen molar-refractivity contribution in [2.24, 2.45) is 0 Å². The molecule has 0 fully saturated rings. The highest BCUT2D eigenvalue weighted by molar-refractivity contribution is 5.77. The Morgan fingerprint density at radius 3 is 1.25 bits per heavy atom. The van der Waals surface area contributed by atoms with Gasteiger partial charge in [-0.2, -0.15) is 0 Å². The van der Waals surface area contributed by atoms with Gasteiger partial charge in [0.25, 0.3) is 0 Å². The first-order chi connectivity index (χ1) is 31.0. The molecule has 3 unspecified atom stereocenters. The topological polar surface area (TPSA) is 95.9 Å². The Bertz CT molecular complexity index is 1040. The van der Waals surface area contributed by atoms with Crippen molar-refractivity contribution in [3.05, 3.63) is 36.5 Å². The Labute approximate surface area is 392 Å². The van der Waals surface area contributed by atoms with E-state index < -0.39 is 18.2 Å². The number of ether oxygens (including phenoxy) is 1. The normalized spacial score (nSPS) is 13.4. The van der Waals surface area contributed by atoms with Gasteiger partial charge in [0.2, 0.25) is 5.91 Å². The lowest BCUT2D eigenvalue weighted by atomic mass is 10.0. The van der Waals surface area contributed by atoms with Gasteiger partial charge in [-0.3, -0.25) is 9.59 Å². The highest BCUT2D eigenvalue weighted by Gasteiger charge is 2.24. The van der Waals surface area contributed by atoms with E-state index in [0.717, 1.165) is 70.6 Å². The first-order valence-electron chi connectivity index (χ1n) is 27.7. The molecule has 0 aromatic heterocycles. The molecule has 0 aliphatic heterocycles. The fourth-order valence-corrected chi connectivity index (χ4v) is 8.48. The fourth-order valence-electron chi connectivity index (χ4n) is 8.48. The van der Waals surface area contributed by atoms with Gasteiger partial charge in [0.1, 0.15) is 6.10 Å². The number of aliphatic hydroxyl groups excluding tert-OH is 2. The molecule has 1 amide bonds. The molecule has 370 valence electrons. The molecule has 0 bridgehead atoms. The monoisotopic (exact) mass is 886 g/mol. The van der Waals surface area contributed by atoms with E-state index in [9.17, 15) is 19.8 Å². The quantitative estimate of drug-likeness (QED) is 0.0245. The molecule has 0 aliphatic carbocycles. The summed E-state index contributed by atoms with van der Waals surface area (Å²) in [4.78, 5) is 26.2. The number of carbonyl (C=O) groups excluding carboxylic acids is 2. The number of unbranched alkanes of at least 4 members (excludes halogenated alkanes) is 33. The summed E-state index contributed by atoms with van der Waals surface area (Å²) in [6, 6.07) is -0.717. The molecule has 0 heterocycles. The predicted octanol–water partition coefficient (Wildman–Crippen LogP) is 16.8. The van der Waals surface area contributed by atoms with Crippen molar-refractivity contribution in [3.8, 4) is 0 Å². The number of hydrogen-bond donors (Lipinski definition) is 3. The third-order valence-electron chi connectivity index (χ3n) is 12.7. The maximum absolute atomic E-state index is 13.2. The molecule has 6 nitrogen and oxygen atoms in total. The number of hydrogen-bond acceptors (Lipinski definition) is 5. The van der Waals surface area contributed by atoms with Crippen molar-refractivity contribution in [1.29, 1.82) is 0 Å². The van der Waals surface area contributed by atoms with Crippen molar-refractivity contribution < 1.29 is 24.5 Å². The van der Waals surface area contributed by atoms with Gasteiger partial charge in [-0.1, -0.05) is 243 Å². The Hall–Kier alpha value is -1.92. The summed E-state index contributed by atoms with van der Waals surface area (Å²) >= 11 is 0. The second-order valence-electron chi connectivity index (χ2n) is 19.0. The molecule has 0 saturated carbocycles. The molecule has 0 aromatic rings. The van der Waals surface area contributed by atoms with Crippen LogP contribution in [0.15, 0.2) is 36.5 Å². The number of amides is 1. The van der Waals surface area contributed by atoms with Gasteiger partial charge >= 0.3 is 5.97 Å². The molecular formula is C57H107NO5. The van der Waals surface area contributed by atoms with Crippen LogP contribution in [-0.4, -0.2) is 46.9 Å². The standard InChI is InChI=1S/C57H107NO5/c1-4-7-10-13-16-19-22-25-27-28-29-32-34-37-40-43-46-49-55(60)54(52-59)58-56(61)51-53(48-45-42-39-36-33-31-26-23-20-17-14-11-8-5-2)63-57(62)50-47-44-41-38-35-30-24-21-18-15-12-9-6-3/h30-31,33,35-36,39,53-55,59-60H,4-29,32,34,37-38,40-52H2,1-3H3,(H,58,61)/b33-31+,35-30-,39-36+. The minimum Gasteiger partial charge on any atom is -0.462 e. The van der Waals surface area contributed by atoms with Crippen LogP contribution in [0, 0.1) is 0 Å². The summed E-state index contributed by atoms with van der Waals surface area (Å²) in [6.45, 7) is 6.48. The molecule has 0 saturated heterocycles. The second kappa shape index (κ2) is 51.1. The Morgan fingerprint density at radius 1 is 0.460 bits per heavy atom. The van der Waals surface area contributed by atoms with E-state index in [2.05, 4.69) is 62.5 Å². The molecule has 0 aromatic carbocycles. The van der Waals surface area contributed by atoms with E-state index in [1.54, 1.807) is 0 Å². The van der Waals surface area contributed by atoms with Crippen molar-refractivity contribution >= 4 is 11.9 Å². The van der Waals surface area contributed by atoms with Crippen LogP contribution in [0.25, 0.3) is 0 Å². The van der Waals surface area contributed by atoms with Crippen LogP contribution in [-0.2, 0) is 14.3 Å². The highest BCUT2D eigenvalue weighted by atomic mass is 16.5. The highest BCUT2D eigenvalue weighted by Crippen LogP contribution is 2.17. The largest absolute Gasteiger partial charge is 0.462 e. The lowest BCUT2D eigenvalue weighted by Gasteiger charge is -2.24. The molecule has 0 spiro atoms. The minimum atomic E-state index is -0.800. The third kappa shape index (κ3) is 46.4. The lowest BCUT2D eigenvalue weighted by Crippen LogP contribution is -2.46. The maximum Gasteiger partial charge on any atom is 0.306 e. The van der Waals surface area contributed by atoms with Gasteiger partial charge in [0.15, 0.2) is 0 Å². The molecular weight excluding hydrogens is 779 g/mol. The van der Waals surface area contributed by atoms with Crippen molar-refractivity contribution in [1.82, 2.24) is 5.32 Å². The van der Waals surface area contributed by atoms with E-state index in [0.29, 0.717) is 19.3 Å². The smallest absolute Gasteiger partial charge is 0.306 e. The van der Waals surface area contributed by atoms with E-state index >= 15 is 0 Å². The number of esters is 1. The zero-order chi connectivity index (χ0) is 45.9. The van der Waals surface area contributed by atoms with E-state index in [1.165, 1.54) is 173 Å². The first kappa shape index (κ1) is 61.1. The molecule has 3 N–H and O–H groups in total.